The van der Waals surface area contributed by atoms with E-state index in [0.717, 1.165) is 19.0 Å². The van der Waals surface area contributed by atoms with Crippen LogP contribution in [0.1, 0.15) is 25.0 Å². The zero-order valence-electron chi connectivity index (χ0n) is 8.76. The van der Waals surface area contributed by atoms with Gasteiger partial charge < -0.3 is 4.74 Å². The molecule has 1 aliphatic rings. The molecule has 0 unspecified atom stereocenters. The Morgan fingerprint density at radius 1 is 1.69 bits per heavy atom. The predicted octanol–water partition coefficient (Wildman–Crippen LogP) is 2.83. The van der Waals surface area contributed by atoms with Crippen molar-refractivity contribution in [1.82, 2.24) is 4.98 Å². The first-order valence-corrected chi connectivity index (χ1v) is 5.28. The van der Waals surface area contributed by atoms with Gasteiger partial charge in [-0.25, -0.2) is 4.39 Å². The molecule has 0 aliphatic heterocycles. The van der Waals surface area contributed by atoms with E-state index in [1.54, 1.807) is 0 Å². The predicted molar refractivity (Wildman–Crippen MR) is 56.9 cm³/mol. The van der Waals surface area contributed by atoms with Crippen molar-refractivity contribution in [1.29, 1.82) is 5.26 Å². The van der Waals surface area contributed by atoms with E-state index in [0.29, 0.717) is 12.1 Å². The molecule has 5 heteroatoms. The van der Waals surface area contributed by atoms with Crippen molar-refractivity contribution in [2.75, 3.05) is 7.11 Å². The molecule has 0 aromatic carbocycles. The number of hydrogen-bond donors (Lipinski definition) is 0. The standard InChI is InChI=1S/C11H10ClFN2O/c1-16-9-8(12)7(13)6-15-10(9)11(2-3-11)4-5-14/h6H,2-4H2,1H3. The highest BCUT2D eigenvalue weighted by Crippen LogP contribution is 2.54. The minimum Gasteiger partial charge on any atom is -0.493 e. The summed E-state index contributed by atoms with van der Waals surface area (Å²) in [5, 5.41) is 8.71. The van der Waals surface area contributed by atoms with Crippen molar-refractivity contribution in [3.8, 4) is 11.8 Å². The summed E-state index contributed by atoms with van der Waals surface area (Å²) in [6.45, 7) is 0. The Morgan fingerprint density at radius 3 is 2.88 bits per heavy atom. The number of methoxy groups -OCH3 is 1. The maximum Gasteiger partial charge on any atom is 0.163 e. The van der Waals surface area contributed by atoms with Gasteiger partial charge in [-0.3, -0.25) is 4.98 Å². The number of rotatable bonds is 3. The van der Waals surface area contributed by atoms with E-state index in [9.17, 15) is 4.39 Å². The quantitative estimate of drug-likeness (QED) is 0.816. The lowest BCUT2D eigenvalue weighted by molar-refractivity contribution is 0.396. The van der Waals surface area contributed by atoms with Crippen molar-refractivity contribution in [2.45, 2.75) is 24.7 Å². The fourth-order valence-electron chi connectivity index (χ4n) is 1.81. The van der Waals surface area contributed by atoms with Gasteiger partial charge in [-0.15, -0.1) is 0 Å². The summed E-state index contributed by atoms with van der Waals surface area (Å²) in [5.74, 6) is -0.343. The van der Waals surface area contributed by atoms with E-state index in [-0.39, 0.29) is 16.2 Å². The fraction of sp³-hybridized carbons (Fsp3) is 0.455. The second kappa shape index (κ2) is 3.91. The van der Waals surface area contributed by atoms with E-state index in [2.05, 4.69) is 11.1 Å². The average molecular weight is 241 g/mol. The monoisotopic (exact) mass is 240 g/mol. The lowest BCUT2D eigenvalue weighted by atomic mass is 9.97. The first-order valence-electron chi connectivity index (χ1n) is 4.90. The molecule has 0 radical (unpaired) electrons. The maximum absolute atomic E-state index is 13.2. The molecule has 0 atom stereocenters. The molecule has 0 saturated heterocycles. The summed E-state index contributed by atoms with van der Waals surface area (Å²) in [6.07, 6.45) is 3.17. The van der Waals surface area contributed by atoms with Crippen LogP contribution in [0.2, 0.25) is 5.02 Å². The van der Waals surface area contributed by atoms with Gasteiger partial charge in [-0.1, -0.05) is 11.6 Å². The van der Waals surface area contributed by atoms with Gasteiger partial charge in [-0.2, -0.15) is 5.26 Å². The van der Waals surface area contributed by atoms with Gasteiger partial charge in [0, 0.05) is 11.8 Å². The summed E-state index contributed by atoms with van der Waals surface area (Å²) in [6, 6.07) is 2.12. The Kier molecular flexibility index (Phi) is 2.73. The molecule has 0 spiro atoms. The summed E-state index contributed by atoms with van der Waals surface area (Å²) >= 11 is 5.81. The molecule has 1 heterocycles. The SMILES string of the molecule is COc1c(C2(CC#N)CC2)ncc(F)c1Cl. The molecule has 0 N–H and O–H groups in total. The van der Waals surface area contributed by atoms with Crippen LogP contribution >= 0.6 is 11.6 Å². The van der Waals surface area contributed by atoms with Gasteiger partial charge in [0.1, 0.15) is 5.02 Å². The highest BCUT2D eigenvalue weighted by molar-refractivity contribution is 6.32. The maximum atomic E-state index is 13.2. The summed E-state index contributed by atoms with van der Waals surface area (Å²) in [5.41, 5.74) is 0.320. The highest BCUT2D eigenvalue weighted by atomic mass is 35.5. The van der Waals surface area contributed by atoms with Gasteiger partial charge >= 0.3 is 0 Å². The van der Waals surface area contributed by atoms with E-state index in [1.807, 2.05) is 0 Å². The first kappa shape index (κ1) is 11.2. The molecule has 1 aromatic rings. The minimum atomic E-state index is -0.602. The lowest BCUT2D eigenvalue weighted by Gasteiger charge is -2.15. The minimum absolute atomic E-state index is 0.0586. The van der Waals surface area contributed by atoms with Gasteiger partial charge in [0.15, 0.2) is 11.6 Å². The molecule has 1 fully saturated rings. The van der Waals surface area contributed by atoms with E-state index >= 15 is 0 Å². The van der Waals surface area contributed by atoms with Crippen LogP contribution in [0, 0.1) is 17.1 Å². The molecule has 0 amide bonds. The second-order valence-corrected chi connectivity index (χ2v) is 4.30. The van der Waals surface area contributed by atoms with Crippen LogP contribution in [0.25, 0.3) is 0 Å². The molecular formula is C11H10ClFN2O. The van der Waals surface area contributed by atoms with Crippen molar-refractivity contribution < 1.29 is 9.13 Å². The van der Waals surface area contributed by atoms with Crippen LogP contribution in [0.15, 0.2) is 6.20 Å². The highest BCUT2D eigenvalue weighted by Gasteiger charge is 2.48. The number of pyridine rings is 1. The van der Waals surface area contributed by atoms with Crippen LogP contribution in [0.5, 0.6) is 5.75 Å². The van der Waals surface area contributed by atoms with E-state index in [4.69, 9.17) is 21.6 Å². The van der Waals surface area contributed by atoms with Crippen molar-refractivity contribution >= 4 is 11.6 Å². The zero-order valence-corrected chi connectivity index (χ0v) is 9.51. The number of halogens is 2. The Bertz CT molecular complexity index is 466. The Balaban J connectivity index is 2.50. The topological polar surface area (TPSA) is 45.9 Å². The molecular weight excluding hydrogens is 231 g/mol. The van der Waals surface area contributed by atoms with Crippen molar-refractivity contribution in [2.24, 2.45) is 0 Å². The Hall–Kier alpha value is -1.34. The number of aromatic nitrogens is 1. The van der Waals surface area contributed by atoms with Gasteiger partial charge in [0.25, 0.3) is 0 Å². The fourth-order valence-corrected chi connectivity index (χ4v) is 2.03. The Labute approximate surface area is 97.8 Å². The number of nitrogens with zero attached hydrogens (tertiary/aromatic N) is 2. The molecule has 1 aromatic heterocycles. The lowest BCUT2D eigenvalue weighted by Crippen LogP contribution is -2.11. The van der Waals surface area contributed by atoms with E-state index < -0.39 is 5.82 Å². The molecule has 3 nitrogen and oxygen atoms in total. The average Bonchev–Trinajstić information content (AvgIpc) is 3.03. The Morgan fingerprint density at radius 2 is 2.38 bits per heavy atom. The van der Waals surface area contributed by atoms with Crippen LogP contribution in [0.4, 0.5) is 4.39 Å². The van der Waals surface area contributed by atoms with Gasteiger partial charge in [-0.05, 0) is 12.8 Å². The molecule has 2 rings (SSSR count). The molecule has 16 heavy (non-hydrogen) atoms. The zero-order chi connectivity index (χ0) is 11.8. The normalized spacial score (nSPS) is 16.6. The third kappa shape index (κ3) is 1.61. The molecule has 84 valence electrons. The van der Waals surface area contributed by atoms with Gasteiger partial charge in [0.05, 0.1) is 25.1 Å². The van der Waals surface area contributed by atoms with Crippen LogP contribution in [0.3, 0.4) is 0 Å². The third-order valence-corrected chi connectivity index (χ3v) is 3.26. The van der Waals surface area contributed by atoms with Crippen LogP contribution in [-0.2, 0) is 5.41 Å². The number of ether oxygens (including phenoxy) is 1. The summed E-state index contributed by atoms with van der Waals surface area (Å²) in [4.78, 5) is 4.03. The number of hydrogen-bond acceptors (Lipinski definition) is 3. The van der Waals surface area contributed by atoms with Crippen LogP contribution in [-0.4, -0.2) is 12.1 Å². The van der Waals surface area contributed by atoms with E-state index in [1.165, 1.54) is 7.11 Å². The molecule has 1 aliphatic carbocycles. The number of nitriles is 1. The molecule has 0 bridgehead atoms. The van der Waals surface area contributed by atoms with Crippen molar-refractivity contribution in [3.05, 3.63) is 22.7 Å². The smallest absolute Gasteiger partial charge is 0.163 e. The third-order valence-electron chi connectivity index (χ3n) is 2.91. The largest absolute Gasteiger partial charge is 0.493 e. The van der Waals surface area contributed by atoms with Gasteiger partial charge in [0.2, 0.25) is 0 Å². The summed E-state index contributed by atoms with van der Waals surface area (Å²) < 4.78 is 18.3. The van der Waals surface area contributed by atoms with Crippen molar-refractivity contribution in [3.63, 3.8) is 0 Å². The second-order valence-electron chi connectivity index (χ2n) is 3.92. The van der Waals surface area contributed by atoms with Crippen LogP contribution < -0.4 is 4.74 Å². The summed E-state index contributed by atoms with van der Waals surface area (Å²) in [7, 11) is 1.42. The molecule has 1 saturated carbocycles. The first-order chi connectivity index (χ1) is 7.64.